The van der Waals surface area contributed by atoms with Gasteiger partial charge in [0.25, 0.3) is 0 Å². The standard InChI is InChI=1S/C34H54O11/c1-24(21-42-31-15-11-13-17-41-31)18-27(45-25(2)35)19-26(22-43-32(38)33(3,4)5)28(44-23-39-8)14-10-12-16-34(6,7)29(36)20-30(37)40-9/h10,12,14,16,18,26-28,31H,11,13,15,17,19-23H2,1-9H3/b14-10+,16-12+,24-18+/t26-,27?,28-,31?/m1/s1. The van der Waals surface area contributed by atoms with Crippen LogP contribution in [0.2, 0.25) is 0 Å². The number of allylic oxidation sites excluding steroid dienone is 3. The van der Waals surface area contributed by atoms with Gasteiger partial charge in [0.2, 0.25) is 0 Å². The zero-order valence-corrected chi connectivity index (χ0v) is 28.6. The molecule has 1 aliphatic rings. The first-order valence-corrected chi connectivity index (χ1v) is 15.4. The average Bonchev–Trinajstić information content (AvgIpc) is 2.97. The van der Waals surface area contributed by atoms with E-state index in [9.17, 15) is 19.2 Å². The molecule has 0 aromatic heterocycles. The summed E-state index contributed by atoms with van der Waals surface area (Å²) >= 11 is 0. The van der Waals surface area contributed by atoms with Crippen molar-refractivity contribution in [3.05, 3.63) is 36.0 Å². The molecule has 0 aromatic rings. The number of carbonyl (C=O) groups is 4. The molecule has 0 amide bonds. The van der Waals surface area contributed by atoms with E-state index in [1.807, 2.05) is 13.0 Å². The SMILES string of the molecule is COCO[C@H](/C=C/C=C/C(C)(C)C(=O)CC(=O)OC)[C@@H](COC(=O)C(C)(C)C)CC(/C=C(\C)COC1CCCCO1)OC(C)=O. The highest BCUT2D eigenvalue weighted by atomic mass is 16.7. The summed E-state index contributed by atoms with van der Waals surface area (Å²) in [6, 6.07) is 0. The maximum atomic E-state index is 12.7. The Morgan fingerprint density at radius 1 is 1.00 bits per heavy atom. The monoisotopic (exact) mass is 638 g/mol. The number of hydrogen-bond acceptors (Lipinski definition) is 11. The molecule has 1 rings (SSSR count). The van der Waals surface area contributed by atoms with Gasteiger partial charge in [0.1, 0.15) is 19.3 Å². The average molecular weight is 639 g/mol. The Labute approximate surface area is 268 Å². The molecule has 0 spiro atoms. The minimum absolute atomic E-state index is 0.0152. The minimum atomic E-state index is -0.920. The predicted molar refractivity (Wildman–Crippen MR) is 168 cm³/mol. The number of ether oxygens (including phenoxy) is 7. The summed E-state index contributed by atoms with van der Waals surface area (Å²) in [6.07, 6.45) is 9.95. The van der Waals surface area contributed by atoms with Crippen LogP contribution in [-0.4, -0.2) is 83.0 Å². The van der Waals surface area contributed by atoms with E-state index in [0.29, 0.717) is 13.2 Å². The fourth-order valence-electron chi connectivity index (χ4n) is 4.28. The lowest BCUT2D eigenvalue weighted by Crippen LogP contribution is -2.34. The molecule has 1 fully saturated rings. The van der Waals surface area contributed by atoms with Crippen molar-refractivity contribution in [3.8, 4) is 0 Å². The summed E-state index contributed by atoms with van der Waals surface area (Å²) in [5.74, 6) is -2.19. The molecule has 11 heteroatoms. The fraction of sp³-hybridized carbons (Fsp3) is 0.706. The normalized spacial score (nSPS) is 18.4. The van der Waals surface area contributed by atoms with E-state index in [1.54, 1.807) is 58.9 Å². The van der Waals surface area contributed by atoms with Gasteiger partial charge in [-0.2, -0.15) is 0 Å². The molecule has 0 aliphatic carbocycles. The van der Waals surface area contributed by atoms with Crippen LogP contribution in [0.5, 0.6) is 0 Å². The number of Topliss-reactive ketones (excluding diaryl/α,β-unsaturated/α-hetero) is 1. The lowest BCUT2D eigenvalue weighted by atomic mass is 9.86. The Bertz CT molecular complexity index is 1030. The molecule has 256 valence electrons. The number of hydrogen-bond donors (Lipinski definition) is 0. The van der Waals surface area contributed by atoms with Gasteiger partial charge in [-0.3, -0.25) is 19.2 Å². The molecule has 4 atom stereocenters. The predicted octanol–water partition coefficient (Wildman–Crippen LogP) is 5.26. The van der Waals surface area contributed by atoms with E-state index in [-0.39, 0.29) is 44.3 Å². The Morgan fingerprint density at radius 3 is 2.29 bits per heavy atom. The quantitative estimate of drug-likeness (QED) is 0.0458. The molecule has 0 bridgehead atoms. The van der Waals surface area contributed by atoms with E-state index in [2.05, 4.69) is 4.74 Å². The highest BCUT2D eigenvalue weighted by Crippen LogP contribution is 2.25. The van der Waals surface area contributed by atoms with Crippen LogP contribution < -0.4 is 0 Å². The van der Waals surface area contributed by atoms with Gasteiger partial charge in [0.05, 0.1) is 31.8 Å². The summed E-state index contributed by atoms with van der Waals surface area (Å²) < 4.78 is 38.7. The smallest absolute Gasteiger partial charge is 0.313 e. The number of rotatable bonds is 19. The molecule has 11 nitrogen and oxygen atoms in total. The van der Waals surface area contributed by atoms with E-state index in [1.165, 1.54) is 21.1 Å². The second-order valence-electron chi connectivity index (χ2n) is 12.8. The maximum absolute atomic E-state index is 12.7. The van der Waals surface area contributed by atoms with Crippen molar-refractivity contribution in [1.29, 1.82) is 0 Å². The number of carbonyl (C=O) groups excluding carboxylic acids is 4. The molecule has 1 aliphatic heterocycles. The van der Waals surface area contributed by atoms with Crippen molar-refractivity contribution in [2.75, 3.05) is 40.8 Å². The molecule has 0 N–H and O–H groups in total. The van der Waals surface area contributed by atoms with Crippen LogP contribution in [0.4, 0.5) is 0 Å². The van der Waals surface area contributed by atoms with Crippen molar-refractivity contribution in [3.63, 3.8) is 0 Å². The Balaban J connectivity index is 3.25. The second-order valence-corrected chi connectivity index (χ2v) is 12.8. The summed E-state index contributed by atoms with van der Waals surface area (Å²) in [5.41, 5.74) is -0.789. The van der Waals surface area contributed by atoms with E-state index >= 15 is 0 Å². The van der Waals surface area contributed by atoms with Crippen molar-refractivity contribution in [1.82, 2.24) is 0 Å². The lowest BCUT2D eigenvalue weighted by Gasteiger charge is -2.29. The van der Waals surface area contributed by atoms with Crippen LogP contribution >= 0.6 is 0 Å². The largest absolute Gasteiger partial charge is 0.469 e. The van der Waals surface area contributed by atoms with E-state index < -0.39 is 40.9 Å². The van der Waals surface area contributed by atoms with Gasteiger partial charge in [-0.05, 0) is 78.9 Å². The molecule has 45 heavy (non-hydrogen) atoms. The topological polar surface area (TPSA) is 133 Å². The van der Waals surface area contributed by atoms with Crippen LogP contribution in [0.1, 0.15) is 80.6 Å². The fourth-order valence-corrected chi connectivity index (χ4v) is 4.28. The van der Waals surface area contributed by atoms with Gasteiger partial charge in [0, 0.05) is 32.0 Å². The third-order valence-corrected chi connectivity index (χ3v) is 7.02. The number of methoxy groups -OCH3 is 2. The minimum Gasteiger partial charge on any atom is -0.469 e. The third kappa shape index (κ3) is 16.9. The number of esters is 3. The zero-order chi connectivity index (χ0) is 34.0. The molecule has 1 heterocycles. The zero-order valence-electron chi connectivity index (χ0n) is 28.6. The molecular weight excluding hydrogens is 584 g/mol. The van der Waals surface area contributed by atoms with Crippen molar-refractivity contribution in [2.24, 2.45) is 16.7 Å². The molecule has 0 radical (unpaired) electrons. The van der Waals surface area contributed by atoms with E-state index in [0.717, 1.165) is 24.8 Å². The second kappa shape index (κ2) is 20.3. The van der Waals surface area contributed by atoms with Gasteiger partial charge in [-0.1, -0.05) is 24.3 Å². The Kier molecular flexibility index (Phi) is 18.1. The first-order valence-electron chi connectivity index (χ1n) is 15.4. The number of ketones is 1. The summed E-state index contributed by atoms with van der Waals surface area (Å²) in [6.45, 7) is 12.9. The first kappa shape index (κ1) is 40.2. The molecule has 2 unspecified atom stereocenters. The molecule has 1 saturated heterocycles. The van der Waals surface area contributed by atoms with Gasteiger partial charge in [-0.15, -0.1) is 0 Å². The summed E-state index contributed by atoms with van der Waals surface area (Å²) in [7, 11) is 2.73. The lowest BCUT2D eigenvalue weighted by molar-refractivity contribution is -0.159. The third-order valence-electron chi connectivity index (χ3n) is 7.02. The van der Waals surface area contributed by atoms with Crippen LogP contribution in [0.3, 0.4) is 0 Å². The van der Waals surface area contributed by atoms with Gasteiger partial charge >= 0.3 is 17.9 Å². The summed E-state index contributed by atoms with van der Waals surface area (Å²) in [5, 5.41) is 0. The van der Waals surface area contributed by atoms with Crippen LogP contribution in [0.25, 0.3) is 0 Å². The van der Waals surface area contributed by atoms with E-state index in [4.69, 9.17) is 28.4 Å². The first-order chi connectivity index (χ1) is 21.1. The molecule has 0 saturated carbocycles. The van der Waals surface area contributed by atoms with Crippen molar-refractivity contribution in [2.45, 2.75) is 99.1 Å². The Hall–Kier alpha value is -2.86. The summed E-state index contributed by atoms with van der Waals surface area (Å²) in [4.78, 5) is 48.9. The Morgan fingerprint density at radius 2 is 1.71 bits per heavy atom. The highest BCUT2D eigenvalue weighted by Gasteiger charge is 2.30. The van der Waals surface area contributed by atoms with Gasteiger partial charge in [0.15, 0.2) is 12.1 Å². The van der Waals surface area contributed by atoms with Gasteiger partial charge in [-0.25, -0.2) is 0 Å². The van der Waals surface area contributed by atoms with Crippen molar-refractivity contribution < 1.29 is 52.3 Å². The molecule has 0 aromatic carbocycles. The van der Waals surface area contributed by atoms with Gasteiger partial charge < -0.3 is 33.2 Å². The van der Waals surface area contributed by atoms with Crippen molar-refractivity contribution >= 4 is 23.7 Å². The molecular formula is C34H54O11. The van der Waals surface area contributed by atoms with Crippen LogP contribution in [0.15, 0.2) is 36.0 Å². The highest BCUT2D eigenvalue weighted by molar-refractivity contribution is 5.99. The van der Waals surface area contributed by atoms with Crippen LogP contribution in [0, 0.1) is 16.7 Å². The maximum Gasteiger partial charge on any atom is 0.313 e. The van der Waals surface area contributed by atoms with Crippen LogP contribution in [-0.2, 0) is 52.3 Å².